The van der Waals surface area contributed by atoms with Gasteiger partial charge < -0.3 is 5.32 Å². The molecule has 0 amide bonds. The third-order valence-corrected chi connectivity index (χ3v) is 4.18. The molecule has 1 aliphatic heterocycles. The molecular formula is C16H21N5O2. The van der Waals surface area contributed by atoms with Crippen LogP contribution in [0, 0.1) is 0 Å². The highest BCUT2D eigenvalue weighted by molar-refractivity contribution is 5.31. The second kappa shape index (κ2) is 6.37. The molecule has 2 aromatic rings. The first-order chi connectivity index (χ1) is 11.0. The van der Waals surface area contributed by atoms with Crippen molar-refractivity contribution in [1.29, 1.82) is 0 Å². The van der Waals surface area contributed by atoms with Crippen LogP contribution in [0.5, 0.6) is 0 Å². The molecule has 1 aromatic heterocycles. The van der Waals surface area contributed by atoms with Gasteiger partial charge in [0.25, 0.3) is 5.56 Å². The molecule has 7 heteroatoms. The number of hydrogen-bond acceptors (Lipinski definition) is 5. The molecule has 1 unspecified atom stereocenters. The summed E-state index contributed by atoms with van der Waals surface area (Å²) in [6, 6.07) is 10.5. The molecule has 122 valence electrons. The van der Waals surface area contributed by atoms with Gasteiger partial charge in [-0.3, -0.25) is 14.3 Å². The predicted octanol–water partition coefficient (Wildman–Crippen LogP) is 0.165. The van der Waals surface area contributed by atoms with Gasteiger partial charge in [0.2, 0.25) is 5.82 Å². The van der Waals surface area contributed by atoms with Gasteiger partial charge in [-0.05, 0) is 12.0 Å². The van der Waals surface area contributed by atoms with E-state index >= 15 is 0 Å². The minimum Gasteiger partial charge on any atom is -0.360 e. The van der Waals surface area contributed by atoms with Crippen LogP contribution in [0.4, 0.5) is 5.82 Å². The number of aryl methyl sites for hydroxylation is 1. The summed E-state index contributed by atoms with van der Waals surface area (Å²) >= 11 is 0. The summed E-state index contributed by atoms with van der Waals surface area (Å²) in [5, 5.41) is 7.23. The van der Waals surface area contributed by atoms with Crippen molar-refractivity contribution in [1.82, 2.24) is 19.2 Å². The van der Waals surface area contributed by atoms with E-state index in [1.807, 2.05) is 18.2 Å². The minimum atomic E-state index is -0.419. The Kier molecular flexibility index (Phi) is 4.29. The monoisotopic (exact) mass is 315 g/mol. The van der Waals surface area contributed by atoms with E-state index in [9.17, 15) is 9.59 Å². The Morgan fingerprint density at radius 2 is 1.96 bits per heavy atom. The lowest BCUT2D eigenvalue weighted by Gasteiger charge is -2.17. The van der Waals surface area contributed by atoms with Crippen molar-refractivity contribution in [2.45, 2.75) is 19.0 Å². The summed E-state index contributed by atoms with van der Waals surface area (Å²) in [6.45, 7) is 2.72. The average molecular weight is 315 g/mol. The zero-order chi connectivity index (χ0) is 16.4. The number of aromatic nitrogens is 3. The Labute approximate surface area is 134 Å². The van der Waals surface area contributed by atoms with Gasteiger partial charge in [-0.2, -0.15) is 0 Å². The van der Waals surface area contributed by atoms with Crippen LogP contribution in [-0.2, 0) is 20.6 Å². The van der Waals surface area contributed by atoms with Crippen molar-refractivity contribution in [2.24, 2.45) is 14.1 Å². The molecule has 2 heterocycles. The largest absolute Gasteiger partial charge is 0.360 e. The van der Waals surface area contributed by atoms with Crippen LogP contribution >= 0.6 is 0 Å². The molecule has 1 aromatic carbocycles. The van der Waals surface area contributed by atoms with Crippen molar-refractivity contribution >= 4 is 5.82 Å². The fraction of sp³-hybridized carbons (Fsp3) is 0.438. The summed E-state index contributed by atoms with van der Waals surface area (Å²) in [6.07, 6.45) is 0.945. The Balaban J connectivity index is 1.67. The SMILES string of the molecule is Cn1nc(NC2CCN(Cc3ccccc3)C2)c(=O)n(C)c1=O. The molecule has 1 saturated heterocycles. The van der Waals surface area contributed by atoms with Crippen LogP contribution in [0.2, 0.25) is 0 Å². The maximum atomic E-state index is 12.1. The predicted molar refractivity (Wildman–Crippen MR) is 88.5 cm³/mol. The van der Waals surface area contributed by atoms with E-state index in [-0.39, 0.29) is 17.4 Å². The van der Waals surface area contributed by atoms with Crippen molar-refractivity contribution < 1.29 is 0 Å². The molecule has 1 aliphatic rings. The van der Waals surface area contributed by atoms with E-state index in [0.717, 1.165) is 30.6 Å². The lowest BCUT2D eigenvalue weighted by Crippen LogP contribution is -2.41. The van der Waals surface area contributed by atoms with E-state index in [4.69, 9.17) is 0 Å². The van der Waals surface area contributed by atoms with E-state index in [1.165, 1.54) is 17.3 Å². The summed E-state index contributed by atoms with van der Waals surface area (Å²) in [4.78, 5) is 26.1. The molecular weight excluding hydrogens is 294 g/mol. The van der Waals surface area contributed by atoms with Crippen LogP contribution in [-0.4, -0.2) is 38.4 Å². The number of nitrogens with zero attached hydrogens (tertiary/aromatic N) is 4. The van der Waals surface area contributed by atoms with Crippen LogP contribution in [0.3, 0.4) is 0 Å². The highest BCUT2D eigenvalue weighted by Gasteiger charge is 2.24. The first kappa shape index (κ1) is 15.5. The van der Waals surface area contributed by atoms with E-state index in [2.05, 4.69) is 27.4 Å². The second-order valence-electron chi connectivity index (χ2n) is 5.97. The van der Waals surface area contributed by atoms with E-state index in [0.29, 0.717) is 0 Å². The summed E-state index contributed by atoms with van der Waals surface area (Å²) < 4.78 is 2.26. The quantitative estimate of drug-likeness (QED) is 0.870. The van der Waals surface area contributed by atoms with Crippen molar-refractivity contribution in [2.75, 3.05) is 18.4 Å². The first-order valence-corrected chi connectivity index (χ1v) is 7.72. The fourth-order valence-corrected chi connectivity index (χ4v) is 2.92. The standard InChI is InChI=1S/C16H21N5O2/c1-19-15(22)14(18-20(2)16(19)23)17-13-8-9-21(11-13)10-12-6-4-3-5-7-12/h3-7,13H,8-11H2,1-2H3,(H,17,18). The molecule has 0 radical (unpaired) electrons. The Bertz CT molecular complexity index is 796. The number of nitrogens with one attached hydrogen (secondary N) is 1. The molecule has 1 fully saturated rings. The van der Waals surface area contributed by atoms with E-state index in [1.54, 1.807) is 7.05 Å². The van der Waals surface area contributed by atoms with Gasteiger partial charge in [0.15, 0.2) is 0 Å². The number of benzene rings is 1. The summed E-state index contributed by atoms with van der Waals surface area (Å²) in [5.41, 5.74) is 0.483. The molecule has 1 N–H and O–H groups in total. The Morgan fingerprint density at radius 3 is 2.70 bits per heavy atom. The van der Waals surface area contributed by atoms with Gasteiger partial charge in [-0.1, -0.05) is 30.3 Å². The van der Waals surface area contributed by atoms with Gasteiger partial charge in [-0.15, -0.1) is 5.10 Å². The van der Waals surface area contributed by atoms with Crippen LogP contribution in [0.1, 0.15) is 12.0 Å². The van der Waals surface area contributed by atoms with Gasteiger partial charge >= 0.3 is 5.69 Å². The zero-order valence-electron chi connectivity index (χ0n) is 13.4. The molecule has 3 rings (SSSR count). The van der Waals surface area contributed by atoms with E-state index < -0.39 is 5.69 Å². The fourth-order valence-electron chi connectivity index (χ4n) is 2.92. The van der Waals surface area contributed by atoms with Crippen LogP contribution in [0.15, 0.2) is 39.9 Å². The molecule has 23 heavy (non-hydrogen) atoms. The van der Waals surface area contributed by atoms with Crippen molar-refractivity contribution in [3.63, 3.8) is 0 Å². The maximum Gasteiger partial charge on any atom is 0.346 e. The third kappa shape index (κ3) is 3.34. The van der Waals surface area contributed by atoms with Gasteiger partial charge in [0.1, 0.15) is 0 Å². The second-order valence-corrected chi connectivity index (χ2v) is 5.97. The lowest BCUT2D eigenvalue weighted by molar-refractivity contribution is 0.328. The normalized spacial score (nSPS) is 18.3. The van der Waals surface area contributed by atoms with Crippen LogP contribution in [0.25, 0.3) is 0 Å². The zero-order valence-corrected chi connectivity index (χ0v) is 13.4. The highest BCUT2D eigenvalue weighted by Crippen LogP contribution is 2.15. The smallest absolute Gasteiger partial charge is 0.346 e. The molecule has 0 aliphatic carbocycles. The average Bonchev–Trinajstić information content (AvgIpc) is 2.98. The Hall–Kier alpha value is -2.41. The molecule has 0 saturated carbocycles. The summed E-state index contributed by atoms with van der Waals surface area (Å²) in [5.74, 6) is 0.237. The number of anilines is 1. The molecule has 0 bridgehead atoms. The maximum absolute atomic E-state index is 12.1. The van der Waals surface area contributed by atoms with Crippen molar-refractivity contribution in [3.05, 3.63) is 56.7 Å². The number of likely N-dealkylation sites (tertiary alicyclic amines) is 1. The highest BCUT2D eigenvalue weighted by atomic mass is 16.2. The van der Waals surface area contributed by atoms with Gasteiger partial charge in [0, 0.05) is 39.8 Å². The topological polar surface area (TPSA) is 72.2 Å². The van der Waals surface area contributed by atoms with Gasteiger partial charge in [0.05, 0.1) is 0 Å². The number of rotatable bonds is 4. The third-order valence-electron chi connectivity index (χ3n) is 4.18. The van der Waals surface area contributed by atoms with Crippen LogP contribution < -0.4 is 16.6 Å². The molecule has 0 spiro atoms. The molecule has 1 atom stereocenters. The Morgan fingerprint density at radius 1 is 1.22 bits per heavy atom. The van der Waals surface area contributed by atoms with Crippen molar-refractivity contribution in [3.8, 4) is 0 Å². The lowest BCUT2D eigenvalue weighted by atomic mass is 10.2. The van der Waals surface area contributed by atoms with Gasteiger partial charge in [-0.25, -0.2) is 9.48 Å². The molecule has 7 nitrogen and oxygen atoms in total. The number of hydrogen-bond donors (Lipinski definition) is 1. The summed E-state index contributed by atoms with van der Waals surface area (Å²) in [7, 11) is 3.01. The first-order valence-electron chi connectivity index (χ1n) is 7.72. The minimum absolute atomic E-state index is 0.163.